The summed E-state index contributed by atoms with van der Waals surface area (Å²) in [7, 11) is -4.19. The van der Waals surface area contributed by atoms with Gasteiger partial charge in [-0.15, -0.1) is 0 Å². The van der Waals surface area contributed by atoms with Crippen LogP contribution in [-0.2, 0) is 26.2 Å². The molecule has 0 bridgehead atoms. The van der Waals surface area contributed by atoms with E-state index >= 15 is 0 Å². The van der Waals surface area contributed by atoms with Crippen LogP contribution in [0.4, 0.5) is 10.1 Å². The minimum absolute atomic E-state index is 0.000177. The van der Waals surface area contributed by atoms with Gasteiger partial charge >= 0.3 is 0 Å². The Bertz CT molecular complexity index is 1310. The molecule has 3 aromatic rings. The van der Waals surface area contributed by atoms with E-state index in [0.717, 1.165) is 40.4 Å². The molecule has 9 heteroatoms. The van der Waals surface area contributed by atoms with Crippen molar-refractivity contribution in [3.05, 3.63) is 95.8 Å². The van der Waals surface area contributed by atoms with Crippen molar-refractivity contribution in [2.45, 2.75) is 51.1 Å². The van der Waals surface area contributed by atoms with Crippen molar-refractivity contribution >= 4 is 27.5 Å². The minimum Gasteiger partial charge on any atom is -0.354 e. The summed E-state index contributed by atoms with van der Waals surface area (Å²) in [5, 5.41) is 2.85. The maximum absolute atomic E-state index is 13.8. The van der Waals surface area contributed by atoms with Crippen molar-refractivity contribution in [2.75, 3.05) is 17.4 Å². The van der Waals surface area contributed by atoms with Crippen LogP contribution in [0.5, 0.6) is 0 Å². The summed E-state index contributed by atoms with van der Waals surface area (Å²) in [6, 6.07) is 19.5. The fourth-order valence-electron chi connectivity index (χ4n) is 3.87. The highest BCUT2D eigenvalue weighted by Gasteiger charge is 2.32. The maximum Gasteiger partial charge on any atom is 0.264 e. The lowest BCUT2D eigenvalue weighted by atomic mass is 10.1. The second-order valence-corrected chi connectivity index (χ2v) is 11.0. The number of rotatable bonds is 12. The fourth-order valence-corrected chi connectivity index (χ4v) is 5.29. The van der Waals surface area contributed by atoms with Crippen molar-refractivity contribution in [1.29, 1.82) is 0 Å². The van der Waals surface area contributed by atoms with Crippen molar-refractivity contribution in [3.8, 4) is 0 Å². The number of hydrogen-bond donors (Lipinski definition) is 1. The highest BCUT2D eigenvalue weighted by molar-refractivity contribution is 7.92. The Hall–Kier alpha value is -3.72. The molecule has 7 nitrogen and oxygen atoms in total. The third-order valence-electron chi connectivity index (χ3n) is 6.20. The third kappa shape index (κ3) is 7.41. The first-order valence-electron chi connectivity index (χ1n) is 12.6. The molecule has 0 aromatic heterocycles. The summed E-state index contributed by atoms with van der Waals surface area (Å²) in [5.41, 5.74) is 1.81. The summed E-state index contributed by atoms with van der Waals surface area (Å²) in [6.45, 7) is 5.51. The van der Waals surface area contributed by atoms with Gasteiger partial charge in [0.1, 0.15) is 18.4 Å². The van der Waals surface area contributed by atoms with E-state index in [1.54, 1.807) is 19.1 Å². The van der Waals surface area contributed by atoms with Crippen LogP contribution in [0.1, 0.15) is 37.8 Å². The molecule has 1 atom stereocenters. The van der Waals surface area contributed by atoms with Gasteiger partial charge in [0, 0.05) is 13.1 Å². The topological polar surface area (TPSA) is 86.8 Å². The van der Waals surface area contributed by atoms with E-state index in [4.69, 9.17) is 0 Å². The van der Waals surface area contributed by atoms with Crippen LogP contribution in [-0.4, -0.2) is 44.3 Å². The van der Waals surface area contributed by atoms with Crippen LogP contribution in [0.2, 0.25) is 0 Å². The zero-order valence-electron chi connectivity index (χ0n) is 21.9. The molecule has 1 N–H and O–H groups in total. The summed E-state index contributed by atoms with van der Waals surface area (Å²) in [5.74, 6) is -1.42. The standard InChI is InChI=1S/C29H34FN3O4S/c1-4-5-19-31-29(35)23(3)32(20-24-9-7-6-8-10-24)28(34)21-33(26-15-13-25(30)14-16-26)38(36,37)27-17-11-22(2)12-18-27/h6-18,23H,4-5,19-21H2,1-3H3,(H,31,35). The van der Waals surface area contributed by atoms with Gasteiger partial charge in [0.15, 0.2) is 0 Å². The summed E-state index contributed by atoms with van der Waals surface area (Å²) < 4.78 is 42.1. The molecule has 3 rings (SSSR count). The molecule has 0 aliphatic rings. The van der Waals surface area contributed by atoms with E-state index in [9.17, 15) is 22.4 Å². The number of hydrogen-bond acceptors (Lipinski definition) is 4. The smallest absolute Gasteiger partial charge is 0.264 e. The van der Waals surface area contributed by atoms with Gasteiger partial charge in [-0.05, 0) is 62.2 Å². The number of unbranched alkanes of at least 4 members (excludes halogenated alkanes) is 1. The SMILES string of the molecule is CCCCNC(=O)C(C)N(Cc1ccccc1)C(=O)CN(c1ccc(F)cc1)S(=O)(=O)c1ccc(C)cc1. The lowest BCUT2D eigenvalue weighted by Crippen LogP contribution is -2.51. The lowest BCUT2D eigenvalue weighted by Gasteiger charge is -2.32. The zero-order valence-corrected chi connectivity index (χ0v) is 22.7. The number of carbonyl (C=O) groups excluding carboxylic acids is 2. The Morgan fingerprint density at radius 3 is 2.18 bits per heavy atom. The summed E-state index contributed by atoms with van der Waals surface area (Å²) >= 11 is 0. The van der Waals surface area contributed by atoms with E-state index in [1.807, 2.05) is 44.2 Å². The number of nitrogens with zero attached hydrogens (tertiary/aromatic N) is 2. The Balaban J connectivity index is 1.97. The number of aryl methyl sites for hydroxylation is 1. The van der Waals surface area contributed by atoms with Crippen molar-refractivity contribution in [3.63, 3.8) is 0 Å². The average molecular weight is 540 g/mol. The first-order chi connectivity index (χ1) is 18.1. The molecule has 202 valence electrons. The highest BCUT2D eigenvalue weighted by Crippen LogP contribution is 2.25. The van der Waals surface area contributed by atoms with Crippen LogP contribution in [0.3, 0.4) is 0 Å². The molecular weight excluding hydrogens is 505 g/mol. The second-order valence-electron chi connectivity index (χ2n) is 9.13. The molecule has 0 aliphatic heterocycles. The molecular formula is C29H34FN3O4S. The lowest BCUT2D eigenvalue weighted by molar-refractivity contribution is -0.139. The molecule has 0 radical (unpaired) electrons. The third-order valence-corrected chi connectivity index (χ3v) is 7.98. The van der Waals surface area contributed by atoms with E-state index in [2.05, 4.69) is 5.32 Å². The number of nitrogens with one attached hydrogen (secondary N) is 1. The molecule has 1 unspecified atom stereocenters. The predicted molar refractivity (Wildman–Crippen MR) is 146 cm³/mol. The zero-order chi connectivity index (χ0) is 27.7. The molecule has 38 heavy (non-hydrogen) atoms. The van der Waals surface area contributed by atoms with Gasteiger partial charge in [0.2, 0.25) is 11.8 Å². The van der Waals surface area contributed by atoms with Gasteiger partial charge in [-0.25, -0.2) is 12.8 Å². The molecule has 0 spiro atoms. The number of carbonyl (C=O) groups is 2. The second kappa shape index (κ2) is 13.2. The van der Waals surface area contributed by atoms with E-state index in [0.29, 0.717) is 6.54 Å². The first-order valence-corrected chi connectivity index (χ1v) is 14.0. The van der Waals surface area contributed by atoms with Gasteiger partial charge < -0.3 is 10.2 Å². The maximum atomic E-state index is 13.8. The fraction of sp³-hybridized carbons (Fsp3) is 0.310. The quantitative estimate of drug-likeness (QED) is 0.339. The van der Waals surface area contributed by atoms with Crippen LogP contribution >= 0.6 is 0 Å². The van der Waals surface area contributed by atoms with Crippen molar-refractivity contribution < 1.29 is 22.4 Å². The largest absolute Gasteiger partial charge is 0.354 e. The highest BCUT2D eigenvalue weighted by atomic mass is 32.2. The number of sulfonamides is 1. The van der Waals surface area contributed by atoms with Crippen molar-refractivity contribution in [2.24, 2.45) is 0 Å². The van der Waals surface area contributed by atoms with Crippen LogP contribution < -0.4 is 9.62 Å². The van der Waals surface area contributed by atoms with E-state index < -0.39 is 34.3 Å². The van der Waals surface area contributed by atoms with Gasteiger partial charge in [0.25, 0.3) is 10.0 Å². The molecule has 2 amide bonds. The Labute approximate surface area is 224 Å². The Morgan fingerprint density at radius 1 is 0.947 bits per heavy atom. The van der Waals surface area contributed by atoms with Gasteiger partial charge in [-0.3, -0.25) is 13.9 Å². The Kier molecular flexibility index (Phi) is 10.0. The van der Waals surface area contributed by atoms with Crippen LogP contribution in [0, 0.1) is 12.7 Å². The number of amides is 2. The number of anilines is 1. The van der Waals surface area contributed by atoms with E-state index in [1.165, 1.54) is 29.2 Å². The Morgan fingerprint density at radius 2 is 1.58 bits per heavy atom. The monoisotopic (exact) mass is 539 g/mol. The number of benzene rings is 3. The number of halogens is 1. The van der Waals surface area contributed by atoms with E-state index in [-0.39, 0.29) is 23.0 Å². The molecule has 3 aromatic carbocycles. The molecule has 0 heterocycles. The molecule has 0 fully saturated rings. The van der Waals surface area contributed by atoms with Crippen molar-refractivity contribution in [1.82, 2.24) is 10.2 Å². The average Bonchev–Trinajstić information content (AvgIpc) is 2.91. The normalized spacial score (nSPS) is 12.0. The van der Waals surface area contributed by atoms with Gasteiger partial charge in [-0.2, -0.15) is 0 Å². The summed E-state index contributed by atoms with van der Waals surface area (Å²) in [6.07, 6.45) is 1.71. The molecule has 0 saturated heterocycles. The first kappa shape index (κ1) is 28.8. The van der Waals surface area contributed by atoms with Gasteiger partial charge in [0.05, 0.1) is 10.6 Å². The molecule has 0 aliphatic carbocycles. The summed E-state index contributed by atoms with van der Waals surface area (Å²) in [4.78, 5) is 28.1. The van der Waals surface area contributed by atoms with Gasteiger partial charge in [-0.1, -0.05) is 61.4 Å². The predicted octanol–water partition coefficient (Wildman–Crippen LogP) is 4.66. The van der Waals surface area contributed by atoms with Crippen LogP contribution in [0.15, 0.2) is 83.8 Å². The van der Waals surface area contributed by atoms with Crippen LogP contribution in [0.25, 0.3) is 0 Å². The molecule has 0 saturated carbocycles. The minimum atomic E-state index is -4.19.